The van der Waals surface area contributed by atoms with Gasteiger partial charge >= 0.3 is 0 Å². The van der Waals surface area contributed by atoms with Crippen molar-refractivity contribution < 1.29 is 4.52 Å². The molecular formula is C13H9N5OS. The van der Waals surface area contributed by atoms with Crippen LogP contribution in [0.3, 0.4) is 0 Å². The Morgan fingerprint density at radius 1 is 1.25 bits per heavy atom. The zero-order valence-corrected chi connectivity index (χ0v) is 11.3. The first kappa shape index (κ1) is 11.3. The van der Waals surface area contributed by atoms with Crippen LogP contribution in [0.25, 0.3) is 33.2 Å². The molecule has 20 heavy (non-hydrogen) atoms. The van der Waals surface area contributed by atoms with Crippen molar-refractivity contribution in [1.82, 2.24) is 25.1 Å². The summed E-state index contributed by atoms with van der Waals surface area (Å²) in [5, 5.41) is 14.0. The molecule has 0 aliphatic rings. The summed E-state index contributed by atoms with van der Waals surface area (Å²) in [6.07, 6.45) is 0. The second-order valence-electron chi connectivity index (χ2n) is 4.32. The van der Waals surface area contributed by atoms with Crippen LogP contribution < -0.4 is 0 Å². The SMILES string of the molecule is Cn1nnc2ccc(-c3noc(-c4cccs4)n3)cc21. The smallest absolute Gasteiger partial charge is 0.268 e. The first-order valence-electron chi connectivity index (χ1n) is 5.99. The maximum Gasteiger partial charge on any atom is 0.268 e. The van der Waals surface area contributed by atoms with E-state index < -0.39 is 0 Å². The molecule has 0 saturated heterocycles. The van der Waals surface area contributed by atoms with Gasteiger partial charge in [-0.1, -0.05) is 16.4 Å². The lowest BCUT2D eigenvalue weighted by molar-refractivity contribution is 0.433. The number of benzene rings is 1. The van der Waals surface area contributed by atoms with E-state index in [0.717, 1.165) is 21.5 Å². The van der Waals surface area contributed by atoms with Crippen molar-refractivity contribution >= 4 is 22.4 Å². The molecule has 0 atom stereocenters. The van der Waals surface area contributed by atoms with Gasteiger partial charge in [0.05, 0.1) is 10.4 Å². The Bertz CT molecular complexity index is 877. The van der Waals surface area contributed by atoms with Crippen molar-refractivity contribution in [2.24, 2.45) is 7.05 Å². The summed E-state index contributed by atoms with van der Waals surface area (Å²) in [4.78, 5) is 5.39. The average Bonchev–Trinajstić information content (AvgIpc) is 3.18. The van der Waals surface area contributed by atoms with Crippen molar-refractivity contribution in [2.75, 3.05) is 0 Å². The molecule has 0 saturated carbocycles. The highest BCUT2D eigenvalue weighted by atomic mass is 32.1. The van der Waals surface area contributed by atoms with E-state index in [-0.39, 0.29) is 0 Å². The van der Waals surface area contributed by atoms with Crippen molar-refractivity contribution in [1.29, 1.82) is 0 Å². The molecule has 4 rings (SSSR count). The number of hydrogen-bond acceptors (Lipinski definition) is 6. The van der Waals surface area contributed by atoms with Crippen molar-refractivity contribution in [2.45, 2.75) is 0 Å². The van der Waals surface area contributed by atoms with Gasteiger partial charge in [-0.2, -0.15) is 4.98 Å². The fourth-order valence-corrected chi connectivity index (χ4v) is 2.66. The third-order valence-corrected chi connectivity index (χ3v) is 3.88. The van der Waals surface area contributed by atoms with Crippen LogP contribution in [-0.4, -0.2) is 25.1 Å². The molecule has 0 radical (unpaired) electrons. The van der Waals surface area contributed by atoms with Gasteiger partial charge in [-0.15, -0.1) is 16.4 Å². The second-order valence-corrected chi connectivity index (χ2v) is 5.26. The Kier molecular flexibility index (Phi) is 2.40. The van der Waals surface area contributed by atoms with Gasteiger partial charge in [-0.3, -0.25) is 0 Å². The van der Waals surface area contributed by atoms with Crippen LogP contribution in [0.2, 0.25) is 0 Å². The largest absolute Gasteiger partial charge is 0.333 e. The zero-order chi connectivity index (χ0) is 13.5. The fraction of sp³-hybridized carbons (Fsp3) is 0.0769. The van der Waals surface area contributed by atoms with Crippen LogP contribution >= 0.6 is 11.3 Å². The summed E-state index contributed by atoms with van der Waals surface area (Å²) in [5.41, 5.74) is 2.66. The van der Waals surface area contributed by atoms with Gasteiger partial charge in [0.25, 0.3) is 5.89 Å². The minimum Gasteiger partial charge on any atom is -0.333 e. The average molecular weight is 283 g/mol. The maximum absolute atomic E-state index is 5.30. The van der Waals surface area contributed by atoms with Crippen LogP contribution in [0.15, 0.2) is 40.2 Å². The van der Waals surface area contributed by atoms with Crippen molar-refractivity contribution in [3.8, 4) is 22.2 Å². The molecule has 3 heterocycles. The van der Waals surface area contributed by atoms with Crippen LogP contribution in [0.4, 0.5) is 0 Å². The van der Waals surface area contributed by atoms with Crippen LogP contribution in [0.5, 0.6) is 0 Å². The fourth-order valence-electron chi connectivity index (χ4n) is 2.01. The number of hydrogen-bond donors (Lipinski definition) is 0. The standard InChI is InChI=1S/C13H9N5OS/c1-18-10-7-8(4-5-9(10)15-17-18)12-14-13(19-16-12)11-3-2-6-20-11/h2-7H,1H3. The predicted octanol–water partition coefficient (Wildman–Crippen LogP) is 2.75. The lowest BCUT2D eigenvalue weighted by atomic mass is 10.2. The first-order chi connectivity index (χ1) is 9.81. The van der Waals surface area contributed by atoms with E-state index in [9.17, 15) is 0 Å². The number of fused-ring (bicyclic) bond motifs is 1. The Hall–Kier alpha value is -2.54. The van der Waals surface area contributed by atoms with E-state index in [0.29, 0.717) is 11.7 Å². The molecule has 3 aromatic heterocycles. The molecular weight excluding hydrogens is 274 g/mol. The number of rotatable bonds is 2. The van der Waals surface area contributed by atoms with Gasteiger partial charge in [0.2, 0.25) is 5.82 Å². The molecule has 0 aliphatic carbocycles. The van der Waals surface area contributed by atoms with Gasteiger partial charge in [-0.05, 0) is 29.6 Å². The Morgan fingerprint density at radius 3 is 3.05 bits per heavy atom. The molecule has 1 aromatic carbocycles. The summed E-state index contributed by atoms with van der Waals surface area (Å²) in [6, 6.07) is 9.69. The quantitative estimate of drug-likeness (QED) is 0.565. The summed E-state index contributed by atoms with van der Waals surface area (Å²) in [5.74, 6) is 1.11. The normalized spacial score (nSPS) is 11.2. The van der Waals surface area contributed by atoms with Crippen LogP contribution in [-0.2, 0) is 7.05 Å². The van der Waals surface area contributed by atoms with E-state index in [1.54, 1.807) is 16.0 Å². The lowest BCUT2D eigenvalue weighted by Crippen LogP contribution is -1.90. The van der Waals surface area contributed by atoms with Gasteiger partial charge in [-0.25, -0.2) is 4.68 Å². The highest BCUT2D eigenvalue weighted by Crippen LogP contribution is 2.26. The van der Waals surface area contributed by atoms with Gasteiger partial charge in [0.1, 0.15) is 5.52 Å². The van der Waals surface area contributed by atoms with E-state index in [2.05, 4.69) is 20.5 Å². The molecule has 0 N–H and O–H groups in total. The maximum atomic E-state index is 5.30. The summed E-state index contributed by atoms with van der Waals surface area (Å²) < 4.78 is 7.02. The third kappa shape index (κ3) is 1.71. The molecule has 0 spiro atoms. The minimum absolute atomic E-state index is 0.540. The summed E-state index contributed by atoms with van der Waals surface area (Å²) in [6.45, 7) is 0. The topological polar surface area (TPSA) is 69.6 Å². The van der Waals surface area contributed by atoms with Gasteiger partial charge in [0, 0.05) is 12.6 Å². The molecule has 0 aliphatic heterocycles. The number of thiophene rings is 1. The van der Waals surface area contributed by atoms with E-state index in [4.69, 9.17) is 4.52 Å². The first-order valence-corrected chi connectivity index (χ1v) is 6.86. The van der Waals surface area contributed by atoms with E-state index >= 15 is 0 Å². The summed E-state index contributed by atoms with van der Waals surface area (Å²) >= 11 is 1.57. The Labute approximate surface area is 117 Å². The third-order valence-electron chi connectivity index (χ3n) is 3.03. The van der Waals surface area contributed by atoms with Crippen molar-refractivity contribution in [3.05, 3.63) is 35.7 Å². The molecule has 0 bridgehead atoms. The minimum atomic E-state index is 0.540. The molecule has 0 fully saturated rings. The van der Waals surface area contributed by atoms with Gasteiger partial charge in [0.15, 0.2) is 0 Å². The van der Waals surface area contributed by atoms with E-state index in [1.807, 2.05) is 42.8 Å². The highest BCUT2D eigenvalue weighted by Gasteiger charge is 2.12. The predicted molar refractivity (Wildman–Crippen MR) is 75.1 cm³/mol. The molecule has 6 nitrogen and oxygen atoms in total. The van der Waals surface area contributed by atoms with E-state index in [1.165, 1.54) is 0 Å². The highest BCUT2D eigenvalue weighted by molar-refractivity contribution is 7.13. The Morgan fingerprint density at radius 2 is 2.20 bits per heavy atom. The molecule has 0 amide bonds. The number of aromatic nitrogens is 5. The van der Waals surface area contributed by atoms with Crippen LogP contribution in [0, 0.1) is 0 Å². The van der Waals surface area contributed by atoms with Gasteiger partial charge < -0.3 is 4.52 Å². The summed E-state index contributed by atoms with van der Waals surface area (Å²) in [7, 11) is 1.85. The van der Waals surface area contributed by atoms with Crippen LogP contribution in [0.1, 0.15) is 0 Å². The molecule has 7 heteroatoms. The number of nitrogens with zero attached hydrogens (tertiary/aromatic N) is 5. The second kappa shape index (κ2) is 4.24. The zero-order valence-electron chi connectivity index (χ0n) is 10.5. The monoisotopic (exact) mass is 283 g/mol. The lowest BCUT2D eigenvalue weighted by Gasteiger charge is -1.95. The van der Waals surface area contributed by atoms with Crippen molar-refractivity contribution in [3.63, 3.8) is 0 Å². The Balaban J connectivity index is 1.81. The molecule has 0 unspecified atom stereocenters. The molecule has 98 valence electrons. The molecule has 4 aromatic rings. The number of aryl methyl sites for hydroxylation is 1.